The minimum absolute atomic E-state index is 0.00665. The Balaban J connectivity index is 1.43. The van der Waals surface area contributed by atoms with E-state index >= 15 is 0 Å². The van der Waals surface area contributed by atoms with Crippen LogP contribution >= 0.6 is 0 Å². The van der Waals surface area contributed by atoms with Crippen LogP contribution < -0.4 is 15.5 Å². The second-order valence-electron chi connectivity index (χ2n) is 7.90. The molecule has 0 bridgehead atoms. The van der Waals surface area contributed by atoms with E-state index in [0.717, 1.165) is 63.3 Å². The maximum Gasteiger partial charge on any atom is 0.253 e. The zero-order chi connectivity index (χ0) is 22.8. The van der Waals surface area contributed by atoms with Gasteiger partial charge in [-0.3, -0.25) is 9.69 Å². The molecule has 3 rings (SSSR count). The third kappa shape index (κ3) is 6.91. The van der Waals surface area contributed by atoms with Crippen LogP contribution in [0.1, 0.15) is 22.8 Å². The van der Waals surface area contributed by atoms with E-state index in [1.54, 1.807) is 31.4 Å². The van der Waals surface area contributed by atoms with Gasteiger partial charge in [0.05, 0.1) is 6.54 Å². The fraction of sp³-hybridized carbons (Fsp3) is 0.478. The minimum Gasteiger partial charge on any atom is -0.357 e. The lowest BCUT2D eigenvalue weighted by molar-refractivity contribution is 0.0827. The number of hydrogen-bond acceptors (Lipinski definition) is 6. The molecule has 2 N–H and O–H groups in total. The van der Waals surface area contributed by atoms with E-state index in [0.29, 0.717) is 12.1 Å². The molecule has 0 aliphatic carbocycles. The Labute approximate surface area is 190 Å². The Bertz CT molecular complexity index is 861. The lowest BCUT2D eigenvalue weighted by atomic mass is 10.1. The predicted octanol–water partition coefficient (Wildman–Crippen LogP) is 1.06. The van der Waals surface area contributed by atoms with Crippen LogP contribution in [0.5, 0.6) is 0 Å². The molecule has 1 aromatic heterocycles. The number of carbonyl (C=O) groups is 1. The van der Waals surface area contributed by atoms with Crippen molar-refractivity contribution >= 4 is 17.8 Å². The van der Waals surface area contributed by atoms with Gasteiger partial charge in [-0.15, -0.1) is 0 Å². The second-order valence-corrected chi connectivity index (χ2v) is 7.90. The Morgan fingerprint density at radius 2 is 1.75 bits per heavy atom. The van der Waals surface area contributed by atoms with E-state index in [1.165, 1.54) is 0 Å². The number of piperazine rings is 1. The van der Waals surface area contributed by atoms with Crippen LogP contribution in [0.25, 0.3) is 0 Å². The van der Waals surface area contributed by atoms with Crippen LogP contribution in [-0.4, -0.2) is 91.5 Å². The van der Waals surface area contributed by atoms with Gasteiger partial charge < -0.3 is 20.4 Å². The first-order chi connectivity index (χ1) is 15.6. The number of aromatic nitrogens is 2. The highest BCUT2D eigenvalue weighted by atomic mass is 16.2. The lowest BCUT2D eigenvalue weighted by Gasteiger charge is -2.34. The number of amides is 1. The molecule has 0 spiro atoms. The summed E-state index contributed by atoms with van der Waals surface area (Å²) in [5, 5.41) is 6.72. The Hall–Kier alpha value is -3.20. The van der Waals surface area contributed by atoms with Gasteiger partial charge in [0, 0.05) is 77.9 Å². The van der Waals surface area contributed by atoms with Crippen molar-refractivity contribution in [3.8, 4) is 0 Å². The highest BCUT2D eigenvalue weighted by Gasteiger charge is 2.18. The molecule has 32 heavy (non-hydrogen) atoms. The van der Waals surface area contributed by atoms with Gasteiger partial charge in [0.25, 0.3) is 5.91 Å². The zero-order valence-electron chi connectivity index (χ0n) is 19.3. The highest BCUT2D eigenvalue weighted by molar-refractivity contribution is 5.93. The molecular weight excluding hydrogens is 404 g/mol. The SMILES string of the molecule is CCNC(=NCc1ccc(C(=O)N(C)C)cc1)NCCN1CCN(c2ncccn2)CC1. The number of carbonyl (C=O) groups excluding carboxylic acids is 1. The summed E-state index contributed by atoms with van der Waals surface area (Å²) >= 11 is 0. The molecule has 0 saturated carbocycles. The van der Waals surface area contributed by atoms with Crippen LogP contribution in [0.2, 0.25) is 0 Å². The van der Waals surface area contributed by atoms with E-state index in [-0.39, 0.29) is 5.91 Å². The lowest BCUT2D eigenvalue weighted by Crippen LogP contribution is -2.49. The van der Waals surface area contributed by atoms with Crippen LogP contribution in [-0.2, 0) is 6.54 Å². The molecule has 1 aliphatic heterocycles. The molecule has 1 fully saturated rings. The summed E-state index contributed by atoms with van der Waals surface area (Å²) in [6.45, 7) is 9.05. The molecule has 1 saturated heterocycles. The topological polar surface area (TPSA) is 89.0 Å². The molecule has 2 heterocycles. The van der Waals surface area contributed by atoms with E-state index < -0.39 is 0 Å². The zero-order valence-corrected chi connectivity index (χ0v) is 19.3. The van der Waals surface area contributed by atoms with Gasteiger partial charge in [-0.1, -0.05) is 12.1 Å². The summed E-state index contributed by atoms with van der Waals surface area (Å²) in [6, 6.07) is 9.47. The van der Waals surface area contributed by atoms with Gasteiger partial charge in [0.15, 0.2) is 5.96 Å². The number of nitrogens with one attached hydrogen (secondary N) is 2. The summed E-state index contributed by atoms with van der Waals surface area (Å²) in [5.74, 6) is 1.62. The number of hydrogen-bond donors (Lipinski definition) is 2. The average molecular weight is 439 g/mol. The first-order valence-electron chi connectivity index (χ1n) is 11.1. The summed E-state index contributed by atoms with van der Waals surface area (Å²) in [4.78, 5) is 31.6. The third-order valence-corrected chi connectivity index (χ3v) is 5.30. The molecule has 0 atom stereocenters. The average Bonchev–Trinajstić information content (AvgIpc) is 2.83. The van der Waals surface area contributed by atoms with Crippen LogP contribution in [0.3, 0.4) is 0 Å². The van der Waals surface area contributed by atoms with Crippen molar-refractivity contribution in [3.63, 3.8) is 0 Å². The smallest absolute Gasteiger partial charge is 0.253 e. The van der Waals surface area contributed by atoms with Crippen LogP contribution in [0.4, 0.5) is 5.95 Å². The van der Waals surface area contributed by atoms with Gasteiger partial charge in [-0.05, 0) is 30.7 Å². The summed E-state index contributed by atoms with van der Waals surface area (Å²) in [7, 11) is 3.51. The Kier molecular flexibility index (Phi) is 8.79. The maximum atomic E-state index is 12.0. The molecule has 1 aromatic carbocycles. The Morgan fingerprint density at radius 3 is 2.38 bits per heavy atom. The first-order valence-corrected chi connectivity index (χ1v) is 11.1. The number of anilines is 1. The normalized spacial score (nSPS) is 14.8. The fourth-order valence-corrected chi connectivity index (χ4v) is 3.48. The Morgan fingerprint density at radius 1 is 1.06 bits per heavy atom. The molecule has 0 radical (unpaired) electrons. The molecule has 1 aliphatic rings. The maximum absolute atomic E-state index is 12.0. The predicted molar refractivity (Wildman–Crippen MR) is 128 cm³/mol. The summed E-state index contributed by atoms with van der Waals surface area (Å²) < 4.78 is 0. The van der Waals surface area contributed by atoms with Crippen molar-refractivity contribution in [1.29, 1.82) is 0 Å². The van der Waals surface area contributed by atoms with Gasteiger partial charge in [-0.25, -0.2) is 15.0 Å². The van der Waals surface area contributed by atoms with Crippen molar-refractivity contribution in [3.05, 3.63) is 53.9 Å². The number of rotatable bonds is 8. The molecule has 1 amide bonds. The van der Waals surface area contributed by atoms with Crippen molar-refractivity contribution in [2.24, 2.45) is 4.99 Å². The minimum atomic E-state index is 0.00665. The summed E-state index contributed by atoms with van der Waals surface area (Å²) in [5.41, 5.74) is 1.75. The highest BCUT2D eigenvalue weighted by Crippen LogP contribution is 2.09. The van der Waals surface area contributed by atoms with Gasteiger partial charge in [0.1, 0.15) is 0 Å². The third-order valence-electron chi connectivity index (χ3n) is 5.30. The molecule has 172 valence electrons. The monoisotopic (exact) mass is 438 g/mol. The molecule has 9 nitrogen and oxygen atoms in total. The van der Waals surface area contributed by atoms with Crippen LogP contribution in [0, 0.1) is 0 Å². The van der Waals surface area contributed by atoms with Gasteiger partial charge in [0.2, 0.25) is 5.95 Å². The molecule has 9 heteroatoms. The number of nitrogens with zero attached hydrogens (tertiary/aromatic N) is 6. The number of aliphatic imine (C=N–C) groups is 1. The van der Waals surface area contributed by atoms with Gasteiger partial charge >= 0.3 is 0 Å². The first kappa shape index (κ1) is 23.5. The van der Waals surface area contributed by atoms with E-state index in [4.69, 9.17) is 0 Å². The van der Waals surface area contributed by atoms with Crippen molar-refractivity contribution in [1.82, 2.24) is 30.4 Å². The van der Waals surface area contributed by atoms with Crippen LogP contribution in [0.15, 0.2) is 47.7 Å². The quantitative estimate of drug-likeness (QED) is 0.471. The van der Waals surface area contributed by atoms with E-state index in [1.807, 2.05) is 30.3 Å². The summed E-state index contributed by atoms with van der Waals surface area (Å²) in [6.07, 6.45) is 3.58. The largest absolute Gasteiger partial charge is 0.357 e. The number of guanidine groups is 1. The fourth-order valence-electron chi connectivity index (χ4n) is 3.48. The molecular formula is C23H34N8O. The second kappa shape index (κ2) is 12.0. The standard InChI is InChI=1S/C23H34N8O/c1-4-24-22(28-18-19-6-8-20(9-7-19)21(32)29(2)3)25-12-13-30-14-16-31(17-15-30)23-26-10-5-11-27-23/h5-11H,4,12-18H2,1-3H3,(H2,24,25,28). The number of benzene rings is 1. The van der Waals surface area contributed by atoms with E-state index in [9.17, 15) is 4.79 Å². The van der Waals surface area contributed by atoms with Gasteiger partial charge in [-0.2, -0.15) is 0 Å². The molecule has 2 aromatic rings. The van der Waals surface area contributed by atoms with Crippen molar-refractivity contribution in [2.75, 3.05) is 64.8 Å². The van der Waals surface area contributed by atoms with Crippen molar-refractivity contribution in [2.45, 2.75) is 13.5 Å². The van der Waals surface area contributed by atoms with Crippen molar-refractivity contribution < 1.29 is 4.79 Å². The molecule has 0 unspecified atom stereocenters. The van der Waals surface area contributed by atoms with E-state index in [2.05, 4.69) is 42.3 Å².